The van der Waals surface area contributed by atoms with Gasteiger partial charge in [0.15, 0.2) is 0 Å². The monoisotopic (exact) mass is 368 g/mol. The molecule has 0 radical (unpaired) electrons. The van der Waals surface area contributed by atoms with Gasteiger partial charge in [-0.05, 0) is 44.0 Å². The van der Waals surface area contributed by atoms with Gasteiger partial charge in [0.25, 0.3) is 5.91 Å². The minimum absolute atomic E-state index is 0.00850. The number of rotatable bonds is 3. The second-order valence-electron chi connectivity index (χ2n) is 7.14. The van der Waals surface area contributed by atoms with E-state index >= 15 is 0 Å². The van der Waals surface area contributed by atoms with Crippen molar-refractivity contribution >= 4 is 11.8 Å². The molecule has 1 saturated heterocycles. The van der Waals surface area contributed by atoms with Crippen LogP contribution < -0.4 is 4.74 Å². The summed E-state index contributed by atoms with van der Waals surface area (Å²) in [7, 11) is 0. The molecule has 0 unspecified atom stereocenters. The first-order valence-electron chi connectivity index (χ1n) is 9.43. The van der Waals surface area contributed by atoms with Crippen LogP contribution in [0.25, 0.3) is 0 Å². The summed E-state index contributed by atoms with van der Waals surface area (Å²) in [6.07, 6.45) is 3.94. The quantitative estimate of drug-likeness (QED) is 0.829. The van der Waals surface area contributed by atoms with Crippen molar-refractivity contribution in [2.75, 3.05) is 26.2 Å². The van der Waals surface area contributed by atoms with E-state index in [1.54, 1.807) is 9.58 Å². The van der Waals surface area contributed by atoms with E-state index in [9.17, 15) is 9.59 Å². The van der Waals surface area contributed by atoms with Gasteiger partial charge < -0.3 is 14.5 Å². The van der Waals surface area contributed by atoms with Gasteiger partial charge in [0.05, 0.1) is 12.2 Å². The van der Waals surface area contributed by atoms with Crippen molar-refractivity contribution in [1.82, 2.24) is 19.6 Å². The van der Waals surface area contributed by atoms with Crippen molar-refractivity contribution in [3.63, 3.8) is 0 Å². The van der Waals surface area contributed by atoms with Crippen LogP contribution in [-0.2, 0) is 17.9 Å². The number of hydrogen-bond acceptors (Lipinski definition) is 4. The molecule has 142 valence electrons. The molecule has 2 aliphatic rings. The van der Waals surface area contributed by atoms with Crippen molar-refractivity contribution in [2.24, 2.45) is 0 Å². The smallest absolute Gasteiger partial charge is 0.253 e. The average Bonchev–Trinajstić information content (AvgIpc) is 3.28. The van der Waals surface area contributed by atoms with E-state index in [2.05, 4.69) is 5.10 Å². The van der Waals surface area contributed by atoms with Crippen LogP contribution in [0.15, 0.2) is 30.5 Å². The van der Waals surface area contributed by atoms with E-state index in [1.807, 2.05) is 42.3 Å². The number of amides is 2. The van der Waals surface area contributed by atoms with Crippen LogP contribution in [0.5, 0.6) is 5.75 Å². The molecule has 2 amide bonds. The molecule has 0 saturated carbocycles. The van der Waals surface area contributed by atoms with Gasteiger partial charge in [0, 0.05) is 37.0 Å². The molecule has 3 heterocycles. The zero-order valence-corrected chi connectivity index (χ0v) is 15.6. The fraction of sp³-hybridized carbons (Fsp3) is 0.450. The Balaban J connectivity index is 1.50. The molecule has 0 bridgehead atoms. The van der Waals surface area contributed by atoms with Gasteiger partial charge in [-0.2, -0.15) is 5.10 Å². The molecule has 0 atom stereocenters. The van der Waals surface area contributed by atoms with Gasteiger partial charge in [-0.15, -0.1) is 0 Å². The number of likely N-dealkylation sites (tertiary alicyclic amines) is 1. The van der Waals surface area contributed by atoms with Crippen LogP contribution in [0.4, 0.5) is 0 Å². The Kier molecular flexibility index (Phi) is 4.83. The van der Waals surface area contributed by atoms with Crippen LogP contribution in [0.3, 0.4) is 0 Å². The second-order valence-corrected chi connectivity index (χ2v) is 7.14. The molecule has 2 aliphatic heterocycles. The lowest BCUT2D eigenvalue weighted by Gasteiger charge is -2.20. The van der Waals surface area contributed by atoms with Crippen LogP contribution in [-0.4, -0.2) is 57.6 Å². The maximum atomic E-state index is 12.7. The molecular weight excluding hydrogens is 344 g/mol. The first-order chi connectivity index (χ1) is 13.1. The highest BCUT2D eigenvalue weighted by Crippen LogP contribution is 2.26. The summed E-state index contributed by atoms with van der Waals surface area (Å²) in [5, 5.41) is 4.28. The van der Waals surface area contributed by atoms with Gasteiger partial charge in [0.1, 0.15) is 18.9 Å². The molecule has 0 N–H and O–H groups in total. The number of carbonyl (C=O) groups is 2. The lowest BCUT2D eigenvalue weighted by atomic mass is 10.1. The summed E-state index contributed by atoms with van der Waals surface area (Å²) in [5.74, 6) is 0.800. The van der Waals surface area contributed by atoms with Crippen molar-refractivity contribution < 1.29 is 14.3 Å². The van der Waals surface area contributed by atoms with E-state index in [0.717, 1.165) is 42.9 Å². The predicted octanol–water partition coefficient (Wildman–Crippen LogP) is 1.85. The first-order valence-corrected chi connectivity index (χ1v) is 9.43. The predicted molar refractivity (Wildman–Crippen MR) is 99.5 cm³/mol. The highest BCUT2D eigenvalue weighted by Gasteiger charge is 2.24. The molecule has 0 aliphatic carbocycles. The molecule has 7 heteroatoms. The van der Waals surface area contributed by atoms with E-state index in [1.165, 1.54) is 0 Å². The molecule has 7 nitrogen and oxygen atoms in total. The van der Waals surface area contributed by atoms with Crippen molar-refractivity contribution in [2.45, 2.75) is 32.9 Å². The lowest BCUT2D eigenvalue weighted by Crippen LogP contribution is -2.35. The number of hydrogen-bond donors (Lipinski definition) is 0. The van der Waals surface area contributed by atoms with Crippen molar-refractivity contribution in [3.8, 4) is 5.75 Å². The van der Waals surface area contributed by atoms with Crippen LogP contribution in [0.1, 0.15) is 34.5 Å². The first kappa shape index (κ1) is 17.6. The third kappa shape index (κ3) is 3.82. The maximum Gasteiger partial charge on any atom is 0.253 e. The Bertz CT molecular complexity index is 855. The highest BCUT2D eigenvalue weighted by atomic mass is 16.5. The van der Waals surface area contributed by atoms with E-state index in [0.29, 0.717) is 25.3 Å². The van der Waals surface area contributed by atoms with Crippen LogP contribution in [0.2, 0.25) is 0 Å². The summed E-state index contributed by atoms with van der Waals surface area (Å²) in [4.78, 5) is 29.0. The van der Waals surface area contributed by atoms with Crippen molar-refractivity contribution in [3.05, 3.63) is 47.3 Å². The Labute approximate surface area is 158 Å². The van der Waals surface area contributed by atoms with Gasteiger partial charge in [0.2, 0.25) is 5.91 Å². The third-order valence-corrected chi connectivity index (χ3v) is 5.10. The van der Waals surface area contributed by atoms with Gasteiger partial charge >= 0.3 is 0 Å². The lowest BCUT2D eigenvalue weighted by molar-refractivity contribution is -0.132. The van der Waals surface area contributed by atoms with Gasteiger partial charge in [-0.25, -0.2) is 0 Å². The second kappa shape index (κ2) is 7.42. The minimum atomic E-state index is -0.00850. The summed E-state index contributed by atoms with van der Waals surface area (Å²) in [6.45, 7) is 5.14. The van der Waals surface area contributed by atoms with Crippen LogP contribution >= 0.6 is 0 Å². The molecular formula is C20H24N4O3. The fourth-order valence-corrected chi connectivity index (χ4v) is 3.63. The van der Waals surface area contributed by atoms with E-state index < -0.39 is 0 Å². The Morgan fingerprint density at radius 1 is 1.11 bits per heavy atom. The topological polar surface area (TPSA) is 67.7 Å². The summed E-state index contributed by atoms with van der Waals surface area (Å²) >= 11 is 0. The minimum Gasteiger partial charge on any atom is -0.491 e. The Morgan fingerprint density at radius 2 is 1.93 bits per heavy atom. The number of benzene rings is 1. The van der Waals surface area contributed by atoms with Gasteiger partial charge in [-0.1, -0.05) is 0 Å². The summed E-state index contributed by atoms with van der Waals surface area (Å²) in [6, 6.07) is 7.43. The number of ether oxygens (including phenoxy) is 1. The largest absolute Gasteiger partial charge is 0.491 e. The molecule has 0 spiro atoms. The third-order valence-electron chi connectivity index (χ3n) is 5.10. The fourth-order valence-electron chi connectivity index (χ4n) is 3.63. The molecule has 1 aromatic carbocycles. The zero-order valence-electron chi connectivity index (χ0n) is 15.6. The number of aromatic nitrogens is 2. The summed E-state index contributed by atoms with van der Waals surface area (Å²) < 4.78 is 7.45. The number of aryl methyl sites for hydroxylation is 1. The number of carbonyl (C=O) groups excluding carboxylic acids is 2. The molecule has 1 fully saturated rings. The average molecular weight is 368 g/mol. The normalized spacial score (nSPS) is 16.6. The van der Waals surface area contributed by atoms with Crippen LogP contribution in [0, 0.1) is 6.92 Å². The zero-order chi connectivity index (χ0) is 18.8. The molecule has 2 aromatic rings. The van der Waals surface area contributed by atoms with E-state index in [-0.39, 0.29) is 18.4 Å². The molecule has 27 heavy (non-hydrogen) atoms. The van der Waals surface area contributed by atoms with Gasteiger partial charge in [-0.3, -0.25) is 14.3 Å². The maximum absolute atomic E-state index is 12.7. The molecule has 4 rings (SSSR count). The number of nitrogens with zero attached hydrogens (tertiary/aromatic N) is 4. The van der Waals surface area contributed by atoms with Crippen molar-refractivity contribution in [1.29, 1.82) is 0 Å². The SMILES string of the molecule is Cc1ccn(CC(=O)N2CCOc3ccc(C(=O)N4CCCC4)cc3C2)n1. The standard InChI is InChI=1S/C20H24N4O3/c1-15-6-9-24(21-15)14-19(25)23-10-11-27-18-5-4-16(12-17(18)13-23)20(26)22-7-2-3-8-22/h4-6,9,12H,2-3,7-8,10-11,13-14H2,1H3. The Hall–Kier alpha value is -2.83. The Morgan fingerprint density at radius 3 is 2.67 bits per heavy atom. The molecule has 1 aromatic heterocycles. The summed E-state index contributed by atoms with van der Waals surface area (Å²) in [5.41, 5.74) is 2.43. The number of fused-ring (bicyclic) bond motifs is 1. The van der Waals surface area contributed by atoms with E-state index in [4.69, 9.17) is 4.74 Å². The highest BCUT2D eigenvalue weighted by molar-refractivity contribution is 5.94.